The molecule has 1 fully saturated rings. The summed E-state index contributed by atoms with van der Waals surface area (Å²) in [6.07, 6.45) is 3.97. The fourth-order valence-electron chi connectivity index (χ4n) is 4.43. The Morgan fingerprint density at radius 2 is 1.86 bits per heavy atom. The minimum absolute atomic E-state index is 0.0823. The average molecular weight is 486 g/mol. The molecular weight excluding hydrogens is 454 g/mol. The number of hydrogen-bond acceptors (Lipinski definition) is 6. The lowest BCUT2D eigenvalue weighted by Gasteiger charge is -2.25. The van der Waals surface area contributed by atoms with Gasteiger partial charge in [-0.1, -0.05) is 36.4 Å². The van der Waals surface area contributed by atoms with Crippen molar-refractivity contribution in [2.75, 3.05) is 27.2 Å². The van der Waals surface area contributed by atoms with Gasteiger partial charge >= 0.3 is 0 Å². The van der Waals surface area contributed by atoms with Crippen LogP contribution < -0.4 is 4.74 Å². The molecule has 1 aromatic heterocycles. The van der Waals surface area contributed by atoms with Gasteiger partial charge in [0.05, 0.1) is 11.6 Å². The third kappa shape index (κ3) is 5.47. The number of aryl methyl sites for hydroxylation is 1. The Kier molecular flexibility index (Phi) is 7.80. The van der Waals surface area contributed by atoms with Gasteiger partial charge in [0.1, 0.15) is 18.1 Å². The molecule has 0 bridgehead atoms. The third-order valence-electron chi connectivity index (χ3n) is 6.25. The molecule has 1 saturated heterocycles. The molecule has 0 saturated carbocycles. The van der Waals surface area contributed by atoms with E-state index >= 15 is 0 Å². The number of pyridine rings is 1. The molecule has 2 aromatic carbocycles. The van der Waals surface area contributed by atoms with Crippen molar-refractivity contribution in [1.82, 2.24) is 14.8 Å². The molecule has 0 aliphatic carbocycles. The zero-order chi connectivity index (χ0) is 25.7. The van der Waals surface area contributed by atoms with E-state index in [1.165, 1.54) is 0 Å². The molecule has 1 atom stereocenters. The number of nitrogens with zero attached hydrogens (tertiary/aromatic N) is 3. The number of hydrogen-bond donors (Lipinski definition) is 1. The number of Topliss-reactive ketones (excluding diaryl/α,β-unsaturated/α-hetero) is 1. The molecule has 1 N–H and O–H groups in total. The quantitative estimate of drug-likeness (QED) is 0.276. The van der Waals surface area contributed by atoms with E-state index in [4.69, 9.17) is 4.74 Å². The van der Waals surface area contributed by atoms with Crippen molar-refractivity contribution in [3.8, 4) is 5.75 Å². The van der Waals surface area contributed by atoms with Crippen molar-refractivity contribution in [2.24, 2.45) is 0 Å². The van der Waals surface area contributed by atoms with E-state index in [2.05, 4.69) is 4.98 Å². The monoisotopic (exact) mass is 485 g/mol. The number of carbonyl (C=O) groups is 2. The molecule has 7 nitrogen and oxygen atoms in total. The topological polar surface area (TPSA) is 83.0 Å². The van der Waals surface area contributed by atoms with E-state index in [1.54, 1.807) is 35.5 Å². The Bertz CT molecular complexity index is 1260. The van der Waals surface area contributed by atoms with E-state index in [0.29, 0.717) is 36.4 Å². The Morgan fingerprint density at radius 1 is 1.08 bits per heavy atom. The van der Waals surface area contributed by atoms with Crippen LogP contribution in [0.4, 0.5) is 0 Å². The predicted octanol–water partition coefficient (Wildman–Crippen LogP) is 4.34. The van der Waals surface area contributed by atoms with Gasteiger partial charge < -0.3 is 19.6 Å². The van der Waals surface area contributed by atoms with Crippen molar-refractivity contribution >= 4 is 17.4 Å². The van der Waals surface area contributed by atoms with Crippen molar-refractivity contribution in [1.29, 1.82) is 0 Å². The fraction of sp³-hybridized carbons (Fsp3) is 0.276. The first-order valence-electron chi connectivity index (χ1n) is 12.0. The normalized spacial score (nSPS) is 17.1. The summed E-state index contributed by atoms with van der Waals surface area (Å²) in [5, 5.41) is 11.4. The standard InChI is InChI=1S/C29H31N3O4/c1-20-17-23(36-19-21-9-5-4-6-10-21)12-13-24(20)27(33)25-26(22-11-7-14-30-18-22)32(29(35)28(25)34)16-8-15-31(2)3/h4-7,9-14,17-18,26,33H,8,15-16,19H2,1-3H3/t26-/m1/s1. The SMILES string of the molecule is Cc1cc(OCc2ccccc2)ccc1C(O)=C1C(=O)C(=O)N(CCCN(C)C)[C@@H]1c1cccnc1. The lowest BCUT2D eigenvalue weighted by Crippen LogP contribution is -2.32. The summed E-state index contributed by atoms with van der Waals surface area (Å²) in [6.45, 7) is 3.43. The van der Waals surface area contributed by atoms with E-state index in [9.17, 15) is 14.7 Å². The molecule has 1 aliphatic rings. The number of carbonyl (C=O) groups excluding carboxylic acids is 2. The summed E-state index contributed by atoms with van der Waals surface area (Å²) in [4.78, 5) is 34.0. The van der Waals surface area contributed by atoms with Crippen LogP contribution >= 0.6 is 0 Å². The maximum atomic E-state index is 13.2. The van der Waals surface area contributed by atoms with Gasteiger partial charge in [-0.25, -0.2) is 0 Å². The van der Waals surface area contributed by atoms with Gasteiger partial charge in [-0.2, -0.15) is 0 Å². The highest BCUT2D eigenvalue weighted by Gasteiger charge is 2.46. The average Bonchev–Trinajstić information content (AvgIpc) is 3.13. The largest absolute Gasteiger partial charge is 0.507 e. The number of rotatable bonds is 9. The van der Waals surface area contributed by atoms with Gasteiger partial charge in [0.2, 0.25) is 0 Å². The summed E-state index contributed by atoms with van der Waals surface area (Å²) in [6, 6.07) is 18.0. The number of likely N-dealkylation sites (tertiary alicyclic amines) is 1. The zero-order valence-electron chi connectivity index (χ0n) is 20.8. The summed E-state index contributed by atoms with van der Waals surface area (Å²) >= 11 is 0. The molecule has 0 radical (unpaired) electrons. The molecule has 2 heterocycles. The molecule has 0 spiro atoms. The molecule has 1 amide bonds. The maximum absolute atomic E-state index is 13.2. The lowest BCUT2D eigenvalue weighted by molar-refractivity contribution is -0.139. The van der Waals surface area contributed by atoms with Gasteiger partial charge in [0, 0.05) is 24.5 Å². The number of ketones is 1. The van der Waals surface area contributed by atoms with Crippen LogP contribution in [0.15, 0.2) is 78.6 Å². The molecule has 7 heteroatoms. The second kappa shape index (κ2) is 11.2. The minimum atomic E-state index is -0.700. The lowest BCUT2D eigenvalue weighted by atomic mass is 9.94. The summed E-state index contributed by atoms with van der Waals surface area (Å²) in [5.41, 5.74) is 3.04. The van der Waals surface area contributed by atoms with E-state index < -0.39 is 17.7 Å². The van der Waals surface area contributed by atoms with Gasteiger partial charge in [-0.3, -0.25) is 14.6 Å². The molecule has 36 heavy (non-hydrogen) atoms. The van der Waals surface area contributed by atoms with E-state index in [-0.39, 0.29) is 11.3 Å². The highest BCUT2D eigenvalue weighted by Crippen LogP contribution is 2.40. The predicted molar refractivity (Wildman–Crippen MR) is 138 cm³/mol. The van der Waals surface area contributed by atoms with Crippen molar-refractivity contribution in [3.05, 3.63) is 101 Å². The number of aliphatic hydroxyl groups excluding tert-OH is 1. The number of ether oxygens (including phenoxy) is 1. The first-order valence-corrected chi connectivity index (χ1v) is 12.0. The number of amides is 1. The van der Waals surface area contributed by atoms with Crippen LogP contribution in [0.2, 0.25) is 0 Å². The number of benzene rings is 2. The Balaban J connectivity index is 1.66. The second-order valence-corrected chi connectivity index (χ2v) is 9.19. The number of aliphatic hydroxyl groups is 1. The molecule has 3 aromatic rings. The first-order chi connectivity index (χ1) is 17.4. The molecule has 186 valence electrons. The highest BCUT2D eigenvalue weighted by molar-refractivity contribution is 6.46. The highest BCUT2D eigenvalue weighted by atomic mass is 16.5. The van der Waals surface area contributed by atoms with Crippen LogP contribution in [-0.2, 0) is 16.2 Å². The van der Waals surface area contributed by atoms with Crippen LogP contribution in [0.25, 0.3) is 5.76 Å². The van der Waals surface area contributed by atoms with Crippen LogP contribution in [0.5, 0.6) is 5.75 Å². The smallest absolute Gasteiger partial charge is 0.295 e. The number of aromatic nitrogens is 1. The summed E-state index contributed by atoms with van der Waals surface area (Å²) < 4.78 is 5.90. The van der Waals surface area contributed by atoms with Gasteiger partial charge in [-0.15, -0.1) is 0 Å². The minimum Gasteiger partial charge on any atom is -0.507 e. The Labute approximate surface area is 211 Å². The third-order valence-corrected chi connectivity index (χ3v) is 6.25. The maximum Gasteiger partial charge on any atom is 0.295 e. The summed E-state index contributed by atoms with van der Waals surface area (Å²) in [7, 11) is 3.92. The zero-order valence-corrected chi connectivity index (χ0v) is 20.8. The van der Waals surface area contributed by atoms with Crippen molar-refractivity contribution < 1.29 is 19.4 Å². The van der Waals surface area contributed by atoms with Gasteiger partial charge in [0.25, 0.3) is 11.7 Å². The van der Waals surface area contributed by atoms with Crippen LogP contribution in [0.3, 0.4) is 0 Å². The Morgan fingerprint density at radius 3 is 2.53 bits per heavy atom. The van der Waals surface area contributed by atoms with Crippen LogP contribution in [-0.4, -0.2) is 58.8 Å². The molecule has 0 unspecified atom stereocenters. The van der Waals surface area contributed by atoms with Crippen molar-refractivity contribution in [3.63, 3.8) is 0 Å². The first kappa shape index (κ1) is 25.1. The molecular formula is C29H31N3O4. The fourth-order valence-corrected chi connectivity index (χ4v) is 4.43. The van der Waals surface area contributed by atoms with Gasteiger partial charge in [0.15, 0.2) is 0 Å². The van der Waals surface area contributed by atoms with E-state index in [1.807, 2.05) is 68.4 Å². The summed E-state index contributed by atoms with van der Waals surface area (Å²) in [5.74, 6) is -0.829. The van der Waals surface area contributed by atoms with Crippen LogP contribution in [0.1, 0.15) is 34.7 Å². The molecule has 1 aliphatic heterocycles. The molecule has 4 rings (SSSR count). The Hall–Kier alpha value is -3.97. The second-order valence-electron chi connectivity index (χ2n) is 9.19. The van der Waals surface area contributed by atoms with Crippen LogP contribution in [0, 0.1) is 6.92 Å². The van der Waals surface area contributed by atoms with Crippen molar-refractivity contribution in [2.45, 2.75) is 26.0 Å². The van der Waals surface area contributed by atoms with Gasteiger partial charge in [-0.05, 0) is 74.9 Å². The van der Waals surface area contributed by atoms with E-state index in [0.717, 1.165) is 17.7 Å².